The zero-order valence-electron chi connectivity index (χ0n) is 5.56. The first-order valence-corrected chi connectivity index (χ1v) is 2.45. The van der Waals surface area contributed by atoms with Gasteiger partial charge in [-0.3, -0.25) is 0 Å². The molecule has 0 aliphatic carbocycles. The number of carboxylic acids is 1. The van der Waals surface area contributed by atoms with E-state index < -0.39 is 24.4 Å². The van der Waals surface area contributed by atoms with Crippen molar-refractivity contribution in [3.05, 3.63) is 0 Å². The van der Waals surface area contributed by atoms with Crippen molar-refractivity contribution in [1.29, 1.82) is 0 Å². The topological polar surface area (TPSA) is 63.3 Å². The molecule has 0 aliphatic heterocycles. The molecule has 12 heavy (non-hydrogen) atoms. The second-order valence-electron chi connectivity index (χ2n) is 1.79. The fraction of sp³-hybridized carbons (Fsp3) is 0.750. The third-order valence-electron chi connectivity index (χ3n) is 0.984. The van der Waals surface area contributed by atoms with Gasteiger partial charge in [0.1, 0.15) is 0 Å². The molecule has 0 amide bonds. The summed E-state index contributed by atoms with van der Waals surface area (Å²) in [4.78, 5) is 9.54. The molecule has 0 aliphatic rings. The first kappa shape index (κ1) is 14.0. The van der Waals surface area contributed by atoms with E-state index in [1.807, 2.05) is 0 Å². The summed E-state index contributed by atoms with van der Waals surface area (Å²) in [6, 6.07) is 0. The molecule has 0 saturated carbocycles. The van der Waals surface area contributed by atoms with E-state index in [0.29, 0.717) is 0 Å². The normalized spacial score (nSPS) is 12.1. The van der Waals surface area contributed by atoms with Gasteiger partial charge in [-0.25, -0.2) is 4.79 Å². The average Bonchev–Trinajstić information content (AvgIpc) is 1.87. The molecule has 0 fully saturated rings. The van der Waals surface area contributed by atoms with E-state index in [0.717, 1.165) is 0 Å². The molecule has 0 atom stereocenters. The monoisotopic (exact) mass is 211 g/mol. The smallest absolute Gasteiger partial charge is 0.405 e. The molecular formula is C4H6ClF4NO2. The lowest BCUT2D eigenvalue weighted by atomic mass is 10.2. The van der Waals surface area contributed by atoms with E-state index >= 15 is 0 Å². The van der Waals surface area contributed by atoms with Crippen LogP contribution < -0.4 is 5.73 Å². The Hall–Kier alpha value is -0.560. The van der Waals surface area contributed by atoms with Gasteiger partial charge in [0.25, 0.3) is 0 Å². The van der Waals surface area contributed by atoms with Crippen molar-refractivity contribution in [2.75, 3.05) is 6.54 Å². The van der Waals surface area contributed by atoms with Crippen molar-refractivity contribution in [2.24, 2.45) is 5.73 Å². The lowest BCUT2D eigenvalue weighted by Gasteiger charge is -2.20. The van der Waals surface area contributed by atoms with Crippen LogP contribution in [0.5, 0.6) is 0 Å². The third-order valence-corrected chi connectivity index (χ3v) is 0.984. The van der Waals surface area contributed by atoms with Crippen LogP contribution in [-0.2, 0) is 4.79 Å². The van der Waals surface area contributed by atoms with Crippen molar-refractivity contribution in [2.45, 2.75) is 11.8 Å². The Morgan fingerprint density at radius 1 is 1.33 bits per heavy atom. The molecule has 0 heterocycles. The quantitative estimate of drug-likeness (QED) is 0.677. The lowest BCUT2D eigenvalue weighted by molar-refractivity contribution is -0.219. The number of carbonyl (C=O) groups is 1. The summed E-state index contributed by atoms with van der Waals surface area (Å²) in [6.45, 7) is -1.70. The van der Waals surface area contributed by atoms with Gasteiger partial charge >= 0.3 is 17.8 Å². The molecule has 74 valence electrons. The van der Waals surface area contributed by atoms with Gasteiger partial charge in [-0.15, -0.1) is 12.4 Å². The van der Waals surface area contributed by atoms with Gasteiger partial charge in [0.2, 0.25) is 0 Å². The highest BCUT2D eigenvalue weighted by Crippen LogP contribution is 2.33. The maximum Gasteiger partial charge on any atom is 0.405 e. The van der Waals surface area contributed by atoms with Crippen LogP contribution >= 0.6 is 12.4 Å². The number of rotatable bonds is 3. The molecule has 0 bridgehead atoms. The average molecular weight is 212 g/mol. The number of alkyl halides is 4. The van der Waals surface area contributed by atoms with E-state index in [1.54, 1.807) is 0 Å². The van der Waals surface area contributed by atoms with E-state index in [-0.39, 0.29) is 12.4 Å². The fourth-order valence-corrected chi connectivity index (χ4v) is 0.285. The maximum atomic E-state index is 11.9. The predicted octanol–water partition coefficient (Wildman–Crippen LogP) is 0.722. The highest BCUT2D eigenvalue weighted by Gasteiger charge is 2.61. The molecule has 0 rings (SSSR count). The predicted molar refractivity (Wildman–Crippen MR) is 33.8 cm³/mol. The number of hydrogen-bond acceptors (Lipinski definition) is 2. The second kappa shape index (κ2) is 3.90. The summed E-state index contributed by atoms with van der Waals surface area (Å²) in [6.07, 6.45) is 0. The minimum Gasteiger partial charge on any atom is -0.477 e. The molecular weight excluding hydrogens is 205 g/mol. The molecule has 0 radical (unpaired) electrons. The number of nitrogens with two attached hydrogens (primary N) is 1. The van der Waals surface area contributed by atoms with Gasteiger partial charge in [-0.2, -0.15) is 17.6 Å². The van der Waals surface area contributed by atoms with Crippen molar-refractivity contribution in [3.63, 3.8) is 0 Å². The Labute approximate surface area is 70.9 Å². The minimum atomic E-state index is -5.10. The molecule has 8 heteroatoms. The SMILES string of the molecule is Cl.NCC(F)(F)C(F)(F)C(=O)O. The van der Waals surface area contributed by atoms with Crippen molar-refractivity contribution < 1.29 is 27.5 Å². The molecule has 0 unspecified atom stereocenters. The first-order valence-electron chi connectivity index (χ1n) is 2.45. The van der Waals surface area contributed by atoms with Crippen LogP contribution in [0.2, 0.25) is 0 Å². The van der Waals surface area contributed by atoms with Crippen molar-refractivity contribution in [1.82, 2.24) is 0 Å². The number of hydrogen-bond donors (Lipinski definition) is 2. The zero-order chi connectivity index (χ0) is 9.28. The molecule has 0 aromatic heterocycles. The van der Waals surface area contributed by atoms with Gasteiger partial charge in [-0.1, -0.05) is 0 Å². The van der Waals surface area contributed by atoms with Crippen LogP contribution in [0.1, 0.15) is 0 Å². The Balaban J connectivity index is 0. The Bertz CT molecular complexity index is 174. The summed E-state index contributed by atoms with van der Waals surface area (Å²) in [5.74, 6) is -12.7. The Morgan fingerprint density at radius 3 is 1.75 bits per heavy atom. The highest BCUT2D eigenvalue weighted by atomic mass is 35.5. The molecule has 0 aromatic rings. The number of aliphatic carboxylic acids is 1. The van der Waals surface area contributed by atoms with Crippen molar-refractivity contribution >= 4 is 18.4 Å². The van der Waals surface area contributed by atoms with E-state index in [2.05, 4.69) is 5.73 Å². The van der Waals surface area contributed by atoms with E-state index in [9.17, 15) is 22.4 Å². The van der Waals surface area contributed by atoms with Crippen LogP contribution in [0.3, 0.4) is 0 Å². The highest BCUT2D eigenvalue weighted by molar-refractivity contribution is 5.85. The molecule has 0 aromatic carbocycles. The zero-order valence-corrected chi connectivity index (χ0v) is 6.38. The lowest BCUT2D eigenvalue weighted by Crippen LogP contribution is -2.51. The Morgan fingerprint density at radius 2 is 1.67 bits per heavy atom. The molecule has 3 nitrogen and oxygen atoms in total. The van der Waals surface area contributed by atoms with Gasteiger partial charge in [0, 0.05) is 0 Å². The fourth-order valence-electron chi connectivity index (χ4n) is 0.285. The maximum absolute atomic E-state index is 11.9. The second-order valence-corrected chi connectivity index (χ2v) is 1.79. The van der Waals surface area contributed by atoms with Crippen LogP contribution in [0, 0.1) is 0 Å². The van der Waals surface area contributed by atoms with E-state index in [1.165, 1.54) is 0 Å². The molecule has 3 N–H and O–H groups in total. The molecule has 0 spiro atoms. The minimum absolute atomic E-state index is 0. The van der Waals surface area contributed by atoms with Crippen LogP contribution in [0.15, 0.2) is 0 Å². The Kier molecular flexibility index (Phi) is 4.55. The summed E-state index contributed by atoms with van der Waals surface area (Å²) >= 11 is 0. The summed E-state index contributed by atoms with van der Waals surface area (Å²) in [7, 11) is 0. The van der Waals surface area contributed by atoms with Crippen LogP contribution in [-0.4, -0.2) is 29.5 Å². The van der Waals surface area contributed by atoms with Gasteiger partial charge in [0.15, 0.2) is 0 Å². The number of halogens is 5. The van der Waals surface area contributed by atoms with Crippen molar-refractivity contribution in [3.8, 4) is 0 Å². The van der Waals surface area contributed by atoms with Crippen LogP contribution in [0.25, 0.3) is 0 Å². The largest absolute Gasteiger partial charge is 0.477 e. The third kappa shape index (κ3) is 2.21. The summed E-state index contributed by atoms with van der Waals surface area (Å²) in [5.41, 5.74) is 4.24. The summed E-state index contributed by atoms with van der Waals surface area (Å²) in [5, 5.41) is 7.62. The van der Waals surface area contributed by atoms with E-state index in [4.69, 9.17) is 5.11 Å². The standard InChI is InChI=1S/C4H5F4NO2.ClH/c5-3(6,1-9)4(7,8)2(10)11;/h1,9H2,(H,10,11);1H. The number of carboxylic acid groups (broad SMARTS) is 1. The van der Waals surface area contributed by atoms with Crippen LogP contribution in [0.4, 0.5) is 17.6 Å². The van der Waals surface area contributed by atoms with Gasteiger partial charge in [-0.05, 0) is 0 Å². The summed E-state index contributed by atoms with van der Waals surface area (Å²) < 4.78 is 47.6. The van der Waals surface area contributed by atoms with Gasteiger partial charge in [0.05, 0.1) is 6.54 Å². The van der Waals surface area contributed by atoms with Gasteiger partial charge < -0.3 is 10.8 Å². The first-order chi connectivity index (χ1) is 4.75. The molecule has 0 saturated heterocycles.